The third kappa shape index (κ3) is 4.22. The fourth-order valence-electron chi connectivity index (χ4n) is 1.08. The molecule has 0 bridgehead atoms. The minimum atomic E-state index is -4.81. The van der Waals surface area contributed by atoms with E-state index in [1.54, 1.807) is 0 Å². The Morgan fingerprint density at radius 3 is 2.44 bits per heavy atom. The fourth-order valence-corrected chi connectivity index (χ4v) is 1.38. The van der Waals surface area contributed by atoms with Gasteiger partial charge >= 0.3 is 6.36 Å². The van der Waals surface area contributed by atoms with Crippen molar-refractivity contribution in [1.29, 1.82) is 0 Å². The van der Waals surface area contributed by atoms with Crippen LogP contribution in [0.1, 0.15) is 5.56 Å². The summed E-state index contributed by atoms with van der Waals surface area (Å²) < 4.78 is 52.8. The zero-order chi connectivity index (χ0) is 12.3. The maximum absolute atomic E-state index is 13.3. The first-order chi connectivity index (χ1) is 7.28. The number of halogens is 5. The van der Waals surface area contributed by atoms with Crippen molar-refractivity contribution in [2.75, 3.05) is 0 Å². The van der Waals surface area contributed by atoms with Gasteiger partial charge in [0.25, 0.3) is 0 Å². The lowest BCUT2D eigenvalue weighted by molar-refractivity contribution is -0.274. The Morgan fingerprint density at radius 1 is 1.38 bits per heavy atom. The molecule has 1 rings (SSSR count). The van der Waals surface area contributed by atoms with Gasteiger partial charge < -0.3 is 4.74 Å². The molecule has 0 unspecified atom stereocenters. The van der Waals surface area contributed by atoms with Crippen molar-refractivity contribution in [3.05, 3.63) is 40.6 Å². The van der Waals surface area contributed by atoms with Gasteiger partial charge in [0.2, 0.25) is 0 Å². The van der Waals surface area contributed by atoms with Crippen LogP contribution in [0.25, 0.3) is 0 Å². The number of ether oxygens (including phenoxy) is 1. The molecule has 0 aliphatic heterocycles. The lowest BCUT2D eigenvalue weighted by atomic mass is 10.1. The van der Waals surface area contributed by atoms with Gasteiger partial charge in [0, 0.05) is 12.5 Å². The van der Waals surface area contributed by atoms with Gasteiger partial charge in [-0.05, 0) is 16.1 Å². The van der Waals surface area contributed by atoms with E-state index in [0.29, 0.717) is 10.5 Å². The molecule has 16 heavy (non-hydrogen) atoms. The molecular weight excluding hydrogens is 292 g/mol. The molecule has 0 saturated heterocycles. The molecule has 6 heteroatoms. The van der Waals surface area contributed by atoms with Gasteiger partial charge in [-0.25, -0.2) is 4.39 Å². The van der Waals surface area contributed by atoms with E-state index in [1.165, 1.54) is 6.07 Å². The van der Waals surface area contributed by atoms with Crippen molar-refractivity contribution >= 4 is 15.9 Å². The third-order valence-corrected chi connectivity index (χ3v) is 1.92. The topological polar surface area (TPSA) is 9.23 Å². The summed E-state index contributed by atoms with van der Waals surface area (Å²) in [4.78, 5) is 0. The average molecular weight is 299 g/mol. The first-order valence-corrected chi connectivity index (χ1v) is 4.94. The zero-order valence-corrected chi connectivity index (χ0v) is 9.53. The molecule has 0 aromatic heterocycles. The van der Waals surface area contributed by atoms with Crippen LogP contribution in [0, 0.1) is 5.82 Å². The molecule has 0 atom stereocenters. The highest BCUT2D eigenvalue weighted by molar-refractivity contribution is 9.11. The fraction of sp³-hybridized carbons (Fsp3) is 0.200. The van der Waals surface area contributed by atoms with Crippen LogP contribution in [0.2, 0.25) is 0 Å². The molecule has 0 aliphatic carbocycles. The molecule has 0 heterocycles. The predicted octanol–water partition coefficient (Wildman–Crippen LogP) is 4.18. The lowest BCUT2D eigenvalue weighted by Crippen LogP contribution is -2.17. The molecule has 0 saturated carbocycles. The van der Waals surface area contributed by atoms with Crippen LogP contribution in [0.4, 0.5) is 17.6 Å². The number of hydrogen-bond donors (Lipinski definition) is 0. The monoisotopic (exact) mass is 298 g/mol. The van der Waals surface area contributed by atoms with Crippen LogP contribution in [-0.4, -0.2) is 6.36 Å². The SMILES string of the molecule is C=C(Br)Cc1ccc(OC(F)(F)F)cc1F. The van der Waals surface area contributed by atoms with Crippen molar-refractivity contribution < 1.29 is 22.3 Å². The van der Waals surface area contributed by atoms with Gasteiger partial charge in [-0.15, -0.1) is 13.2 Å². The summed E-state index contributed by atoms with van der Waals surface area (Å²) in [5, 5.41) is 0. The summed E-state index contributed by atoms with van der Waals surface area (Å²) in [6, 6.07) is 2.98. The van der Waals surface area contributed by atoms with E-state index < -0.39 is 17.9 Å². The molecular formula is C10H7BrF4O. The van der Waals surface area contributed by atoms with Gasteiger partial charge in [-0.1, -0.05) is 28.6 Å². The number of benzene rings is 1. The Balaban J connectivity index is 2.87. The van der Waals surface area contributed by atoms with E-state index in [-0.39, 0.29) is 12.0 Å². The largest absolute Gasteiger partial charge is 0.573 e. The summed E-state index contributed by atoms with van der Waals surface area (Å²) in [6.07, 6.45) is -4.61. The van der Waals surface area contributed by atoms with Crippen molar-refractivity contribution in [3.8, 4) is 5.75 Å². The van der Waals surface area contributed by atoms with E-state index in [4.69, 9.17) is 0 Å². The Morgan fingerprint density at radius 2 is 2.00 bits per heavy atom. The molecule has 0 fully saturated rings. The summed E-state index contributed by atoms with van der Waals surface area (Å²) in [5.41, 5.74) is 0.247. The first-order valence-electron chi connectivity index (χ1n) is 4.15. The van der Waals surface area contributed by atoms with Gasteiger partial charge in [-0.2, -0.15) is 0 Å². The number of allylic oxidation sites excluding steroid dienone is 1. The van der Waals surface area contributed by atoms with E-state index >= 15 is 0 Å². The van der Waals surface area contributed by atoms with Gasteiger partial charge in [-0.3, -0.25) is 0 Å². The van der Waals surface area contributed by atoms with Crippen LogP contribution in [0.3, 0.4) is 0 Å². The molecule has 0 radical (unpaired) electrons. The van der Waals surface area contributed by atoms with E-state index in [0.717, 1.165) is 6.07 Å². The number of alkyl halides is 3. The minimum absolute atomic E-state index is 0.206. The Kier molecular flexibility index (Phi) is 3.96. The van der Waals surface area contributed by atoms with Crippen LogP contribution in [-0.2, 0) is 6.42 Å². The average Bonchev–Trinajstić information content (AvgIpc) is 2.06. The standard InChI is InChI=1S/C10H7BrF4O/c1-6(11)4-7-2-3-8(5-9(7)12)16-10(13,14)15/h2-3,5H,1,4H2. The summed E-state index contributed by atoms with van der Waals surface area (Å²) in [5.74, 6) is -1.34. The summed E-state index contributed by atoms with van der Waals surface area (Å²) in [7, 11) is 0. The highest BCUT2D eigenvalue weighted by Gasteiger charge is 2.31. The number of rotatable bonds is 3. The third-order valence-electron chi connectivity index (χ3n) is 1.64. The molecule has 88 valence electrons. The quantitative estimate of drug-likeness (QED) is 0.761. The highest BCUT2D eigenvalue weighted by Crippen LogP contribution is 2.25. The zero-order valence-electron chi connectivity index (χ0n) is 7.94. The second kappa shape index (κ2) is 4.86. The van der Waals surface area contributed by atoms with Crippen molar-refractivity contribution in [2.24, 2.45) is 0 Å². The lowest BCUT2D eigenvalue weighted by Gasteiger charge is -2.10. The summed E-state index contributed by atoms with van der Waals surface area (Å²) in [6.45, 7) is 3.51. The van der Waals surface area contributed by atoms with E-state index in [9.17, 15) is 17.6 Å². The molecule has 1 aromatic carbocycles. The molecule has 0 aliphatic rings. The van der Waals surface area contributed by atoms with Crippen molar-refractivity contribution in [1.82, 2.24) is 0 Å². The van der Waals surface area contributed by atoms with Crippen LogP contribution in [0.15, 0.2) is 29.3 Å². The second-order valence-corrected chi connectivity index (χ2v) is 4.12. The molecule has 0 spiro atoms. The maximum atomic E-state index is 13.3. The van der Waals surface area contributed by atoms with Gasteiger partial charge in [0.05, 0.1) is 0 Å². The maximum Gasteiger partial charge on any atom is 0.573 e. The van der Waals surface area contributed by atoms with E-state index in [1.807, 2.05) is 0 Å². The molecule has 1 aromatic rings. The Hall–Kier alpha value is -1.04. The number of hydrogen-bond acceptors (Lipinski definition) is 1. The molecule has 1 nitrogen and oxygen atoms in total. The molecule has 0 amide bonds. The van der Waals surface area contributed by atoms with Crippen LogP contribution in [0.5, 0.6) is 5.75 Å². The normalized spacial score (nSPS) is 11.3. The van der Waals surface area contributed by atoms with Crippen molar-refractivity contribution in [2.45, 2.75) is 12.8 Å². The second-order valence-electron chi connectivity index (χ2n) is 3.00. The van der Waals surface area contributed by atoms with Crippen LogP contribution >= 0.6 is 15.9 Å². The Labute approximate surface area is 97.8 Å². The highest BCUT2D eigenvalue weighted by atomic mass is 79.9. The smallest absolute Gasteiger partial charge is 0.406 e. The van der Waals surface area contributed by atoms with Crippen LogP contribution < -0.4 is 4.74 Å². The van der Waals surface area contributed by atoms with Gasteiger partial charge in [0.1, 0.15) is 11.6 Å². The van der Waals surface area contributed by atoms with Crippen molar-refractivity contribution in [3.63, 3.8) is 0 Å². The first kappa shape index (κ1) is 13.0. The van der Waals surface area contributed by atoms with E-state index in [2.05, 4.69) is 27.2 Å². The summed E-state index contributed by atoms with van der Waals surface area (Å²) >= 11 is 3.04. The van der Waals surface area contributed by atoms with Gasteiger partial charge in [0.15, 0.2) is 0 Å². The Bertz CT molecular complexity index is 400. The molecule has 0 N–H and O–H groups in total. The minimum Gasteiger partial charge on any atom is -0.406 e. The predicted molar refractivity (Wildman–Crippen MR) is 54.9 cm³/mol.